The van der Waals surface area contributed by atoms with Crippen LogP contribution in [-0.4, -0.2) is 39.0 Å². The van der Waals surface area contributed by atoms with Gasteiger partial charge in [-0.25, -0.2) is 20.0 Å². The molecule has 0 atom stereocenters. The summed E-state index contributed by atoms with van der Waals surface area (Å²) < 4.78 is 0. The van der Waals surface area contributed by atoms with Crippen LogP contribution in [0.4, 0.5) is 5.82 Å². The summed E-state index contributed by atoms with van der Waals surface area (Å²) in [6.07, 6.45) is 3.08. The van der Waals surface area contributed by atoms with Gasteiger partial charge in [-0.1, -0.05) is 0 Å². The summed E-state index contributed by atoms with van der Waals surface area (Å²) in [6.45, 7) is 0. The van der Waals surface area contributed by atoms with E-state index in [0.717, 1.165) is 11.3 Å². The molecule has 0 saturated heterocycles. The number of hydrogen-bond acceptors (Lipinski definition) is 5. The highest BCUT2D eigenvalue weighted by Gasteiger charge is 2.04. The lowest BCUT2D eigenvalue weighted by molar-refractivity contribution is 0.493. The maximum atomic E-state index is 4.08. The molecule has 13 heavy (non-hydrogen) atoms. The van der Waals surface area contributed by atoms with Gasteiger partial charge in [-0.3, -0.25) is 0 Å². The van der Waals surface area contributed by atoms with Crippen LogP contribution < -0.4 is 5.43 Å². The number of aromatic nitrogens is 4. The number of aromatic amines is 1. The van der Waals surface area contributed by atoms with Crippen LogP contribution in [0.1, 0.15) is 0 Å². The number of hydrogen-bond donors (Lipinski definition) is 2. The van der Waals surface area contributed by atoms with Gasteiger partial charge in [0.1, 0.15) is 11.8 Å². The van der Waals surface area contributed by atoms with Crippen LogP contribution in [-0.2, 0) is 0 Å². The van der Waals surface area contributed by atoms with E-state index in [1.54, 1.807) is 6.33 Å². The van der Waals surface area contributed by atoms with Crippen LogP contribution in [0.5, 0.6) is 0 Å². The van der Waals surface area contributed by atoms with Gasteiger partial charge in [-0.05, 0) is 0 Å². The van der Waals surface area contributed by atoms with E-state index in [2.05, 4.69) is 25.4 Å². The van der Waals surface area contributed by atoms with E-state index in [-0.39, 0.29) is 0 Å². The average molecular weight is 178 g/mol. The first-order valence-corrected chi connectivity index (χ1v) is 3.85. The van der Waals surface area contributed by atoms with Crippen molar-refractivity contribution in [2.24, 2.45) is 0 Å². The van der Waals surface area contributed by atoms with Crippen LogP contribution in [0.2, 0.25) is 0 Å². The number of rotatable bonds is 2. The van der Waals surface area contributed by atoms with Crippen LogP contribution in [0.15, 0.2) is 12.7 Å². The minimum Gasteiger partial charge on any atom is -0.340 e. The summed E-state index contributed by atoms with van der Waals surface area (Å²) >= 11 is 0. The van der Waals surface area contributed by atoms with E-state index < -0.39 is 0 Å². The molecule has 2 heterocycles. The SMILES string of the molecule is CN(C)Nc1ncnc2nc[nH]c12. The van der Waals surface area contributed by atoms with Gasteiger partial charge in [0.05, 0.1) is 6.33 Å². The zero-order valence-corrected chi connectivity index (χ0v) is 7.44. The minimum absolute atomic E-state index is 0.666. The maximum Gasteiger partial charge on any atom is 0.182 e. The summed E-state index contributed by atoms with van der Waals surface area (Å²) in [5.41, 5.74) is 4.53. The average Bonchev–Trinajstić information content (AvgIpc) is 2.51. The minimum atomic E-state index is 0.666. The van der Waals surface area contributed by atoms with Gasteiger partial charge < -0.3 is 10.4 Å². The Morgan fingerprint density at radius 1 is 1.31 bits per heavy atom. The molecule has 2 aromatic heterocycles. The van der Waals surface area contributed by atoms with Gasteiger partial charge in [0, 0.05) is 14.1 Å². The first kappa shape index (κ1) is 7.93. The van der Waals surface area contributed by atoms with E-state index in [1.165, 1.54) is 6.33 Å². The van der Waals surface area contributed by atoms with Crippen LogP contribution in [0, 0.1) is 0 Å². The third-order valence-corrected chi connectivity index (χ3v) is 1.55. The lowest BCUT2D eigenvalue weighted by Crippen LogP contribution is -2.20. The van der Waals surface area contributed by atoms with Crippen molar-refractivity contribution in [3.8, 4) is 0 Å². The quantitative estimate of drug-likeness (QED) is 0.645. The number of nitrogens with one attached hydrogen (secondary N) is 2. The maximum absolute atomic E-state index is 4.08. The molecule has 0 radical (unpaired) electrons. The molecule has 2 rings (SSSR count). The highest BCUT2D eigenvalue weighted by atomic mass is 15.5. The van der Waals surface area contributed by atoms with E-state index in [9.17, 15) is 0 Å². The third-order valence-electron chi connectivity index (χ3n) is 1.55. The molecular formula is C7H10N6. The summed E-state index contributed by atoms with van der Waals surface area (Å²) in [4.78, 5) is 15.1. The zero-order valence-electron chi connectivity index (χ0n) is 7.44. The van der Waals surface area contributed by atoms with Gasteiger partial charge in [0.15, 0.2) is 11.5 Å². The molecule has 0 fully saturated rings. The smallest absolute Gasteiger partial charge is 0.182 e. The first-order valence-electron chi connectivity index (χ1n) is 3.85. The van der Waals surface area contributed by atoms with E-state index >= 15 is 0 Å². The Balaban J connectivity index is 2.48. The van der Waals surface area contributed by atoms with Crippen LogP contribution in [0.25, 0.3) is 11.2 Å². The molecule has 0 amide bonds. The third kappa shape index (κ3) is 1.43. The fraction of sp³-hybridized carbons (Fsp3) is 0.286. The van der Waals surface area contributed by atoms with Crippen molar-refractivity contribution in [2.45, 2.75) is 0 Å². The normalized spacial score (nSPS) is 11.0. The van der Waals surface area contributed by atoms with Crippen molar-refractivity contribution in [3.05, 3.63) is 12.7 Å². The van der Waals surface area contributed by atoms with Gasteiger partial charge >= 0.3 is 0 Å². The molecular weight excluding hydrogens is 168 g/mol. The Hall–Kier alpha value is -1.69. The Morgan fingerprint density at radius 2 is 2.15 bits per heavy atom. The van der Waals surface area contributed by atoms with Crippen molar-refractivity contribution in [1.82, 2.24) is 24.9 Å². The molecule has 0 aromatic carbocycles. The predicted molar refractivity (Wildman–Crippen MR) is 49.0 cm³/mol. The van der Waals surface area contributed by atoms with E-state index in [1.807, 2.05) is 19.1 Å². The molecule has 0 aliphatic heterocycles. The Morgan fingerprint density at radius 3 is 2.92 bits per heavy atom. The largest absolute Gasteiger partial charge is 0.340 e. The van der Waals surface area contributed by atoms with Gasteiger partial charge in [-0.2, -0.15) is 0 Å². The number of nitrogens with zero attached hydrogens (tertiary/aromatic N) is 4. The lowest BCUT2D eigenvalue weighted by Gasteiger charge is -2.11. The zero-order chi connectivity index (χ0) is 9.26. The lowest BCUT2D eigenvalue weighted by atomic mass is 10.5. The monoisotopic (exact) mass is 178 g/mol. The van der Waals surface area contributed by atoms with E-state index in [0.29, 0.717) is 5.65 Å². The Labute approximate surface area is 75.0 Å². The molecule has 6 heteroatoms. The number of H-pyrrole nitrogens is 1. The molecule has 68 valence electrons. The topological polar surface area (TPSA) is 69.7 Å². The molecule has 0 spiro atoms. The summed E-state index contributed by atoms with van der Waals surface area (Å²) in [7, 11) is 3.79. The molecule has 0 aliphatic rings. The number of anilines is 1. The molecule has 0 aliphatic carbocycles. The van der Waals surface area contributed by atoms with Crippen molar-refractivity contribution in [3.63, 3.8) is 0 Å². The fourth-order valence-electron chi connectivity index (χ4n) is 1.06. The number of fused-ring (bicyclic) bond motifs is 1. The van der Waals surface area contributed by atoms with Crippen molar-refractivity contribution >= 4 is 17.0 Å². The van der Waals surface area contributed by atoms with Gasteiger partial charge in [0.25, 0.3) is 0 Å². The highest BCUT2D eigenvalue weighted by Crippen LogP contribution is 2.13. The number of hydrazine groups is 1. The molecule has 2 aromatic rings. The van der Waals surface area contributed by atoms with Crippen molar-refractivity contribution in [1.29, 1.82) is 0 Å². The summed E-state index contributed by atoms with van der Waals surface area (Å²) in [5.74, 6) is 0.729. The number of imidazole rings is 1. The highest BCUT2D eigenvalue weighted by molar-refractivity contribution is 5.81. The van der Waals surface area contributed by atoms with Crippen molar-refractivity contribution in [2.75, 3.05) is 19.5 Å². The van der Waals surface area contributed by atoms with Gasteiger partial charge in [-0.15, -0.1) is 0 Å². The van der Waals surface area contributed by atoms with E-state index in [4.69, 9.17) is 0 Å². The molecule has 0 bridgehead atoms. The van der Waals surface area contributed by atoms with Gasteiger partial charge in [0.2, 0.25) is 0 Å². The van der Waals surface area contributed by atoms with Crippen molar-refractivity contribution < 1.29 is 0 Å². The fourth-order valence-corrected chi connectivity index (χ4v) is 1.06. The summed E-state index contributed by atoms with van der Waals surface area (Å²) in [6, 6.07) is 0. The first-order chi connectivity index (χ1) is 6.27. The second-order valence-electron chi connectivity index (χ2n) is 2.83. The van der Waals surface area contributed by atoms with Crippen LogP contribution in [0.3, 0.4) is 0 Å². The summed E-state index contributed by atoms with van der Waals surface area (Å²) in [5, 5.41) is 1.81. The molecule has 2 N–H and O–H groups in total. The molecule has 0 saturated carbocycles. The predicted octanol–water partition coefficient (Wildman–Crippen LogP) is 0.241. The Bertz CT molecular complexity index is 406. The second-order valence-corrected chi connectivity index (χ2v) is 2.83. The second kappa shape index (κ2) is 2.98. The molecule has 6 nitrogen and oxygen atoms in total. The Kier molecular flexibility index (Phi) is 1.82. The molecule has 0 unspecified atom stereocenters. The van der Waals surface area contributed by atoms with Crippen LogP contribution >= 0.6 is 0 Å². The standard InChI is InChI=1S/C7H10N6/c1-13(2)12-7-5-6(9-3-8-5)10-4-11-7/h3-4H,1-2H3,(H2,8,9,10,11,12).